The van der Waals surface area contributed by atoms with Gasteiger partial charge < -0.3 is 0 Å². The average Bonchev–Trinajstić information content (AvgIpc) is 2.32. The van der Waals surface area contributed by atoms with Crippen LogP contribution in [0.4, 0.5) is 0 Å². The lowest BCUT2D eigenvalue weighted by molar-refractivity contribution is 0.103. The summed E-state index contributed by atoms with van der Waals surface area (Å²) in [6, 6.07) is 7.64. The molecular weight excluding hydrogens is 210 g/mol. The molecule has 1 aromatic carbocycles. The number of carbonyl (C=O) groups excluding carboxylic acids is 1. The van der Waals surface area contributed by atoms with Gasteiger partial charge in [-0.25, -0.2) is 0 Å². The Morgan fingerprint density at radius 3 is 2.41 bits per heavy atom. The number of rotatable bonds is 2. The number of carbonyl (C=O) groups is 1. The van der Waals surface area contributed by atoms with Crippen LogP contribution < -0.4 is 0 Å². The van der Waals surface area contributed by atoms with Crippen molar-refractivity contribution in [3.05, 3.63) is 64.5 Å². The first-order valence-electron chi connectivity index (χ1n) is 5.62. The van der Waals surface area contributed by atoms with Gasteiger partial charge in [-0.05, 0) is 49.6 Å². The highest BCUT2D eigenvalue weighted by Gasteiger charge is 2.12. The number of aryl methyl sites for hydroxylation is 3. The predicted molar refractivity (Wildman–Crippen MR) is 68.3 cm³/mol. The standard InChI is InChI=1S/C15H15NO/c1-10-4-5-13(8-12(10)3)15(17)14-9-16-7-6-11(14)2/h4-9H,1-3H3. The summed E-state index contributed by atoms with van der Waals surface area (Å²) in [4.78, 5) is 16.3. The van der Waals surface area contributed by atoms with Crippen molar-refractivity contribution in [3.8, 4) is 0 Å². The number of nitrogens with zero attached hydrogens (tertiary/aromatic N) is 1. The fraction of sp³-hybridized carbons (Fsp3) is 0.200. The molecule has 0 radical (unpaired) electrons. The first-order valence-corrected chi connectivity index (χ1v) is 5.62. The maximum atomic E-state index is 12.3. The summed E-state index contributed by atoms with van der Waals surface area (Å²) >= 11 is 0. The van der Waals surface area contributed by atoms with Gasteiger partial charge >= 0.3 is 0 Å². The Kier molecular flexibility index (Phi) is 3.05. The predicted octanol–water partition coefficient (Wildman–Crippen LogP) is 3.24. The van der Waals surface area contributed by atoms with Crippen molar-refractivity contribution in [2.24, 2.45) is 0 Å². The molecule has 0 fully saturated rings. The molecule has 1 aromatic heterocycles. The number of pyridine rings is 1. The summed E-state index contributed by atoms with van der Waals surface area (Å²) in [6.45, 7) is 5.98. The van der Waals surface area contributed by atoms with Crippen LogP contribution in [-0.4, -0.2) is 10.8 Å². The monoisotopic (exact) mass is 225 g/mol. The summed E-state index contributed by atoms with van der Waals surface area (Å²) in [5.74, 6) is 0.0405. The zero-order chi connectivity index (χ0) is 12.4. The van der Waals surface area contributed by atoms with Crippen LogP contribution in [0.5, 0.6) is 0 Å². The Hall–Kier alpha value is -1.96. The van der Waals surface area contributed by atoms with Crippen LogP contribution >= 0.6 is 0 Å². The first kappa shape index (κ1) is 11.5. The number of benzene rings is 1. The second-order valence-electron chi connectivity index (χ2n) is 4.32. The van der Waals surface area contributed by atoms with Crippen molar-refractivity contribution >= 4 is 5.78 Å². The Labute approximate surface area is 101 Å². The third kappa shape index (κ3) is 2.26. The molecule has 0 saturated carbocycles. The lowest BCUT2D eigenvalue weighted by Crippen LogP contribution is -2.04. The molecule has 0 aliphatic heterocycles. The lowest BCUT2D eigenvalue weighted by atomic mass is 9.98. The van der Waals surface area contributed by atoms with Crippen molar-refractivity contribution in [1.82, 2.24) is 4.98 Å². The van der Waals surface area contributed by atoms with Crippen molar-refractivity contribution in [1.29, 1.82) is 0 Å². The van der Waals surface area contributed by atoms with Gasteiger partial charge in [0.25, 0.3) is 0 Å². The Morgan fingerprint density at radius 2 is 1.76 bits per heavy atom. The zero-order valence-electron chi connectivity index (χ0n) is 10.3. The second-order valence-corrected chi connectivity index (χ2v) is 4.32. The topological polar surface area (TPSA) is 30.0 Å². The van der Waals surface area contributed by atoms with E-state index in [0.717, 1.165) is 16.7 Å². The van der Waals surface area contributed by atoms with Crippen molar-refractivity contribution in [3.63, 3.8) is 0 Å². The van der Waals surface area contributed by atoms with Gasteiger partial charge in [-0.15, -0.1) is 0 Å². The van der Waals surface area contributed by atoms with E-state index in [1.807, 2.05) is 45.0 Å². The molecule has 2 rings (SSSR count). The molecule has 0 unspecified atom stereocenters. The second kappa shape index (κ2) is 4.50. The molecule has 2 heteroatoms. The maximum absolute atomic E-state index is 12.3. The smallest absolute Gasteiger partial charge is 0.194 e. The van der Waals surface area contributed by atoms with Crippen LogP contribution in [0.25, 0.3) is 0 Å². The molecule has 0 aliphatic carbocycles. The van der Waals surface area contributed by atoms with E-state index in [2.05, 4.69) is 4.98 Å². The van der Waals surface area contributed by atoms with E-state index < -0.39 is 0 Å². The Bertz CT molecular complexity index is 573. The van der Waals surface area contributed by atoms with E-state index in [-0.39, 0.29) is 5.78 Å². The number of ketones is 1. The molecule has 0 atom stereocenters. The molecule has 0 saturated heterocycles. The molecule has 0 spiro atoms. The van der Waals surface area contributed by atoms with E-state index in [4.69, 9.17) is 0 Å². The molecule has 0 N–H and O–H groups in total. The number of hydrogen-bond acceptors (Lipinski definition) is 2. The van der Waals surface area contributed by atoms with Crippen LogP contribution in [0, 0.1) is 20.8 Å². The fourth-order valence-corrected chi connectivity index (χ4v) is 1.74. The summed E-state index contributed by atoms with van der Waals surface area (Å²) in [5.41, 5.74) is 4.70. The van der Waals surface area contributed by atoms with Crippen LogP contribution in [-0.2, 0) is 0 Å². The Morgan fingerprint density at radius 1 is 1.00 bits per heavy atom. The molecule has 17 heavy (non-hydrogen) atoms. The summed E-state index contributed by atoms with van der Waals surface area (Å²) in [7, 11) is 0. The third-order valence-electron chi connectivity index (χ3n) is 3.05. The maximum Gasteiger partial charge on any atom is 0.194 e. The third-order valence-corrected chi connectivity index (χ3v) is 3.05. The van der Waals surface area contributed by atoms with E-state index >= 15 is 0 Å². The van der Waals surface area contributed by atoms with Gasteiger partial charge in [0.1, 0.15) is 0 Å². The molecule has 0 amide bonds. The van der Waals surface area contributed by atoms with Crippen LogP contribution in [0.1, 0.15) is 32.6 Å². The summed E-state index contributed by atoms with van der Waals surface area (Å²) in [5, 5.41) is 0. The van der Waals surface area contributed by atoms with Crippen molar-refractivity contribution in [2.75, 3.05) is 0 Å². The highest BCUT2D eigenvalue weighted by Crippen LogP contribution is 2.15. The molecule has 0 bridgehead atoms. The van der Waals surface area contributed by atoms with Crippen LogP contribution in [0.2, 0.25) is 0 Å². The first-order chi connectivity index (χ1) is 8.09. The zero-order valence-corrected chi connectivity index (χ0v) is 10.3. The largest absolute Gasteiger partial charge is 0.289 e. The SMILES string of the molecule is Cc1ccc(C(=O)c2cnccc2C)cc1C. The lowest BCUT2D eigenvalue weighted by Gasteiger charge is -2.06. The minimum Gasteiger partial charge on any atom is -0.289 e. The van der Waals surface area contributed by atoms with Gasteiger partial charge in [-0.3, -0.25) is 9.78 Å². The van der Waals surface area contributed by atoms with E-state index in [9.17, 15) is 4.79 Å². The van der Waals surface area contributed by atoms with Crippen molar-refractivity contribution < 1.29 is 4.79 Å². The van der Waals surface area contributed by atoms with Gasteiger partial charge in [0.05, 0.1) is 0 Å². The molecule has 0 aliphatic rings. The average molecular weight is 225 g/mol. The van der Waals surface area contributed by atoms with Crippen LogP contribution in [0.15, 0.2) is 36.7 Å². The summed E-state index contributed by atoms with van der Waals surface area (Å²) < 4.78 is 0. The van der Waals surface area contributed by atoms with Gasteiger partial charge in [0, 0.05) is 23.5 Å². The van der Waals surface area contributed by atoms with E-state index in [1.165, 1.54) is 5.56 Å². The highest BCUT2D eigenvalue weighted by atomic mass is 16.1. The van der Waals surface area contributed by atoms with E-state index in [1.54, 1.807) is 12.4 Å². The Balaban J connectivity index is 2.44. The van der Waals surface area contributed by atoms with Gasteiger partial charge in [0.2, 0.25) is 0 Å². The molecule has 1 heterocycles. The molecule has 2 aromatic rings. The summed E-state index contributed by atoms with van der Waals surface area (Å²) in [6.07, 6.45) is 3.33. The van der Waals surface area contributed by atoms with Crippen LogP contribution in [0.3, 0.4) is 0 Å². The number of hydrogen-bond donors (Lipinski definition) is 0. The van der Waals surface area contributed by atoms with E-state index in [0.29, 0.717) is 5.56 Å². The minimum absolute atomic E-state index is 0.0405. The number of aromatic nitrogens is 1. The normalized spacial score (nSPS) is 10.3. The molecule has 2 nitrogen and oxygen atoms in total. The molecular formula is C15H15NO. The van der Waals surface area contributed by atoms with Gasteiger partial charge in [-0.2, -0.15) is 0 Å². The highest BCUT2D eigenvalue weighted by molar-refractivity contribution is 6.09. The van der Waals surface area contributed by atoms with Gasteiger partial charge in [-0.1, -0.05) is 12.1 Å². The quantitative estimate of drug-likeness (QED) is 0.734. The molecule has 86 valence electrons. The fourth-order valence-electron chi connectivity index (χ4n) is 1.74. The van der Waals surface area contributed by atoms with Crippen molar-refractivity contribution in [2.45, 2.75) is 20.8 Å². The minimum atomic E-state index is 0.0405. The van der Waals surface area contributed by atoms with Gasteiger partial charge in [0.15, 0.2) is 5.78 Å².